The topological polar surface area (TPSA) is 155 Å². The number of rotatable bonds is 0. The van der Waals surface area contributed by atoms with Gasteiger partial charge in [-0.2, -0.15) is 0 Å². The number of carbonyl (C=O) groups is 2. The monoisotopic (exact) mass is 194 g/mol. The first-order valence-electron chi connectivity index (χ1n) is 1.87. The second-order valence-corrected chi connectivity index (χ2v) is 2.08. The molecule has 0 atom stereocenters. The molecule has 0 aliphatic rings. The van der Waals surface area contributed by atoms with Crippen molar-refractivity contribution in [2.75, 3.05) is 0 Å². The standard InChI is InChI=1S/C2H2O4.Li.H3O4P/c3-1(4)2(5)6;;1-5(2,3)4/h(H,3,4)(H,5,6);;(H3,1,2,3,4)/q;+1;/p-1. The Kier molecular flexibility index (Phi) is 10.7. The van der Waals surface area contributed by atoms with Crippen LogP contribution in [0.2, 0.25) is 0 Å². The average molecular weight is 194 g/mol. The number of hydrogen-bond donors (Lipinski definition) is 4. The molecule has 0 saturated heterocycles. The zero-order chi connectivity index (χ0) is 9.65. The maximum absolute atomic E-state index is 9.10. The van der Waals surface area contributed by atoms with E-state index < -0.39 is 19.8 Å². The molecule has 0 aromatic heterocycles. The van der Waals surface area contributed by atoms with Crippen molar-refractivity contribution in [1.29, 1.82) is 0 Å². The maximum atomic E-state index is 9.10. The van der Waals surface area contributed by atoms with E-state index >= 15 is 0 Å². The Balaban J connectivity index is -0.000000126. The number of hydrogen-bond acceptors (Lipinski definition) is 4. The fraction of sp³-hybridized carbons (Fsp3) is 0. The van der Waals surface area contributed by atoms with Crippen molar-refractivity contribution < 1.29 is 57.9 Å². The van der Waals surface area contributed by atoms with Crippen molar-refractivity contribution in [1.82, 2.24) is 0 Å². The van der Waals surface area contributed by atoms with Gasteiger partial charge in [-0.3, -0.25) is 4.57 Å². The van der Waals surface area contributed by atoms with E-state index in [1.165, 1.54) is 0 Å². The van der Waals surface area contributed by atoms with Gasteiger partial charge in [-0.05, 0) is 0 Å². The van der Waals surface area contributed by atoms with Crippen molar-refractivity contribution in [2.45, 2.75) is 0 Å². The molecule has 0 aromatic rings. The smallest absolute Gasteiger partial charge is 0.756 e. The zero-order valence-corrected chi connectivity index (χ0v) is 6.76. The molecule has 0 rings (SSSR count). The minimum absolute atomic E-state index is 0. The Morgan fingerprint density at radius 2 is 1.17 bits per heavy atom. The normalized spacial score (nSPS) is 8.58. The SMILES string of the molecule is O=C(O)C(=O)O.O=P([O-])(O)O.[Li+]. The first kappa shape index (κ1) is 17.7. The Morgan fingerprint density at radius 1 is 1.08 bits per heavy atom. The van der Waals surface area contributed by atoms with Gasteiger partial charge in [0.25, 0.3) is 7.82 Å². The summed E-state index contributed by atoms with van der Waals surface area (Å²) in [6.07, 6.45) is 0. The van der Waals surface area contributed by atoms with Gasteiger partial charge in [-0.25, -0.2) is 9.59 Å². The Bertz CT molecular complexity index is 173. The summed E-state index contributed by atoms with van der Waals surface area (Å²) in [6.45, 7) is 0. The van der Waals surface area contributed by atoms with Crippen LogP contribution in [-0.4, -0.2) is 31.9 Å². The second-order valence-electron chi connectivity index (χ2n) is 1.10. The molecule has 0 heterocycles. The van der Waals surface area contributed by atoms with Crippen LogP contribution in [0, 0.1) is 0 Å². The Morgan fingerprint density at radius 3 is 1.17 bits per heavy atom. The van der Waals surface area contributed by atoms with E-state index in [0.717, 1.165) is 0 Å². The van der Waals surface area contributed by atoms with Gasteiger partial charge in [0, 0.05) is 0 Å². The molecule has 0 saturated carbocycles. The van der Waals surface area contributed by atoms with Gasteiger partial charge in [0.2, 0.25) is 0 Å². The molecular formula is C2H4LiO8P. The second kappa shape index (κ2) is 7.30. The molecule has 0 unspecified atom stereocenters. The van der Waals surface area contributed by atoms with Gasteiger partial charge >= 0.3 is 30.8 Å². The number of aliphatic carboxylic acids is 2. The number of carboxylic acid groups (broad SMARTS) is 2. The van der Waals surface area contributed by atoms with Crippen LogP contribution < -0.4 is 23.8 Å². The summed E-state index contributed by atoms with van der Waals surface area (Å²) in [5.41, 5.74) is 0. The predicted octanol–water partition coefficient (Wildman–Crippen LogP) is -5.40. The molecule has 8 nitrogen and oxygen atoms in total. The summed E-state index contributed by atoms with van der Waals surface area (Å²) in [5.74, 6) is -3.65. The van der Waals surface area contributed by atoms with E-state index in [1.807, 2.05) is 0 Å². The molecule has 12 heavy (non-hydrogen) atoms. The van der Waals surface area contributed by atoms with Gasteiger partial charge in [0.15, 0.2) is 0 Å². The van der Waals surface area contributed by atoms with E-state index in [4.69, 9.17) is 39.0 Å². The third kappa shape index (κ3) is 54.2. The first-order chi connectivity index (χ1) is 4.64. The van der Waals surface area contributed by atoms with E-state index in [-0.39, 0.29) is 18.9 Å². The van der Waals surface area contributed by atoms with E-state index in [1.54, 1.807) is 0 Å². The summed E-state index contributed by atoms with van der Waals surface area (Å²) in [6, 6.07) is 0. The van der Waals surface area contributed by atoms with Crippen molar-refractivity contribution in [3.8, 4) is 0 Å². The van der Waals surface area contributed by atoms with E-state index in [9.17, 15) is 0 Å². The summed E-state index contributed by atoms with van der Waals surface area (Å²) in [5, 5.41) is 14.8. The van der Waals surface area contributed by atoms with Crippen LogP contribution in [-0.2, 0) is 14.2 Å². The van der Waals surface area contributed by atoms with Gasteiger partial charge in [-0.1, -0.05) is 0 Å². The maximum Gasteiger partial charge on any atom is 1.00 e. The summed E-state index contributed by atoms with van der Waals surface area (Å²) in [4.78, 5) is 41.1. The molecule has 66 valence electrons. The average Bonchev–Trinajstić information content (AvgIpc) is 1.59. The van der Waals surface area contributed by atoms with Crippen LogP contribution >= 0.6 is 7.82 Å². The number of carboxylic acids is 2. The molecule has 0 radical (unpaired) electrons. The zero-order valence-electron chi connectivity index (χ0n) is 5.87. The minimum atomic E-state index is -4.89. The fourth-order valence-electron chi connectivity index (χ4n) is 0. The van der Waals surface area contributed by atoms with Gasteiger partial charge in [0.05, 0.1) is 0 Å². The van der Waals surface area contributed by atoms with Crippen LogP contribution in [0.5, 0.6) is 0 Å². The van der Waals surface area contributed by atoms with Crippen molar-refractivity contribution in [2.24, 2.45) is 0 Å². The van der Waals surface area contributed by atoms with Crippen LogP contribution in [0.3, 0.4) is 0 Å². The first-order valence-corrected chi connectivity index (χ1v) is 3.40. The van der Waals surface area contributed by atoms with Crippen LogP contribution in [0.25, 0.3) is 0 Å². The van der Waals surface area contributed by atoms with E-state index in [2.05, 4.69) is 0 Å². The van der Waals surface area contributed by atoms with Gasteiger partial charge in [-0.15, -0.1) is 0 Å². The van der Waals surface area contributed by atoms with Crippen LogP contribution in [0.15, 0.2) is 0 Å². The fourth-order valence-corrected chi connectivity index (χ4v) is 0. The minimum Gasteiger partial charge on any atom is -0.756 e. The molecule has 0 aliphatic carbocycles. The van der Waals surface area contributed by atoms with Gasteiger partial charge < -0.3 is 24.9 Å². The van der Waals surface area contributed by atoms with E-state index in [0.29, 0.717) is 0 Å². The molecule has 4 N–H and O–H groups in total. The largest absolute Gasteiger partial charge is 1.00 e. The van der Waals surface area contributed by atoms with Crippen molar-refractivity contribution in [3.05, 3.63) is 0 Å². The molecule has 0 aliphatic heterocycles. The van der Waals surface area contributed by atoms with Crippen LogP contribution in [0.1, 0.15) is 0 Å². The predicted molar refractivity (Wildman–Crippen MR) is 27.3 cm³/mol. The molecule has 10 heteroatoms. The summed E-state index contributed by atoms with van der Waals surface area (Å²) in [7, 11) is -4.89. The molecule has 0 spiro atoms. The summed E-state index contributed by atoms with van der Waals surface area (Å²) < 4.78 is 8.77. The molecule has 0 amide bonds. The molecule has 0 aromatic carbocycles. The quantitative estimate of drug-likeness (QED) is 0.169. The molecule has 0 bridgehead atoms. The number of phosphoric acid groups is 1. The van der Waals surface area contributed by atoms with Crippen LogP contribution in [0.4, 0.5) is 0 Å². The van der Waals surface area contributed by atoms with Gasteiger partial charge in [0.1, 0.15) is 0 Å². The Labute approximate surface area is 78.3 Å². The molecule has 0 fully saturated rings. The third-order valence-electron chi connectivity index (χ3n) is 0.183. The van der Waals surface area contributed by atoms with Crippen molar-refractivity contribution in [3.63, 3.8) is 0 Å². The molecular weight excluding hydrogens is 190 g/mol. The van der Waals surface area contributed by atoms with Crippen molar-refractivity contribution >= 4 is 19.8 Å². The third-order valence-corrected chi connectivity index (χ3v) is 0.183. The summed E-state index contributed by atoms with van der Waals surface area (Å²) >= 11 is 0. The Hall–Kier alpha value is -0.353.